The van der Waals surface area contributed by atoms with Gasteiger partial charge in [0.05, 0.1) is 12.1 Å². The van der Waals surface area contributed by atoms with Crippen molar-refractivity contribution in [2.24, 2.45) is 0 Å². The first-order valence-electron chi connectivity index (χ1n) is 8.86. The van der Waals surface area contributed by atoms with Gasteiger partial charge in [0.15, 0.2) is 0 Å². The van der Waals surface area contributed by atoms with E-state index in [1.54, 1.807) is 13.1 Å². The lowest BCUT2D eigenvalue weighted by Gasteiger charge is -2.35. The largest absolute Gasteiger partial charge is 0.339 e. The zero-order chi connectivity index (χ0) is 18.5. The fourth-order valence-electron chi connectivity index (χ4n) is 3.21. The van der Waals surface area contributed by atoms with Gasteiger partial charge in [-0.05, 0) is 23.9 Å². The van der Waals surface area contributed by atoms with Crippen LogP contribution in [0.2, 0.25) is 0 Å². The molecule has 0 bridgehead atoms. The van der Waals surface area contributed by atoms with Gasteiger partial charge in [-0.2, -0.15) is 11.3 Å². The number of piperazine rings is 1. The number of hydrogen-bond acceptors (Lipinski definition) is 4. The molecule has 0 atom stereocenters. The van der Waals surface area contributed by atoms with Crippen LogP contribution in [0.1, 0.15) is 21.5 Å². The lowest BCUT2D eigenvalue weighted by Crippen LogP contribution is -2.51. The topological polar surface area (TPSA) is 43.9 Å². The van der Waals surface area contributed by atoms with Gasteiger partial charge in [0.2, 0.25) is 5.91 Å². The summed E-state index contributed by atoms with van der Waals surface area (Å²) in [6, 6.07) is 10.3. The van der Waals surface area contributed by atoms with Crippen LogP contribution in [0.15, 0.2) is 41.1 Å². The summed E-state index contributed by atoms with van der Waals surface area (Å²) in [5.41, 5.74) is 3.23. The first kappa shape index (κ1) is 18.6. The van der Waals surface area contributed by atoms with Crippen LogP contribution in [-0.2, 0) is 11.3 Å². The van der Waals surface area contributed by atoms with Crippen LogP contribution >= 0.6 is 11.3 Å². The van der Waals surface area contributed by atoms with Gasteiger partial charge in [-0.25, -0.2) is 0 Å². The van der Waals surface area contributed by atoms with Gasteiger partial charge in [-0.1, -0.05) is 29.8 Å². The number of nitrogens with zero attached hydrogens (tertiary/aromatic N) is 3. The molecule has 6 heteroatoms. The van der Waals surface area contributed by atoms with E-state index in [4.69, 9.17) is 0 Å². The second-order valence-corrected chi connectivity index (χ2v) is 7.60. The van der Waals surface area contributed by atoms with Gasteiger partial charge in [0.1, 0.15) is 0 Å². The van der Waals surface area contributed by atoms with E-state index in [1.807, 2.05) is 15.7 Å². The molecule has 0 spiro atoms. The number of carbonyl (C=O) groups excluding carboxylic acids is 2. The maximum absolute atomic E-state index is 12.5. The number of thiophene rings is 1. The summed E-state index contributed by atoms with van der Waals surface area (Å²) in [4.78, 5) is 30.5. The predicted octanol–water partition coefficient (Wildman–Crippen LogP) is 2.47. The normalized spacial score (nSPS) is 15.1. The summed E-state index contributed by atoms with van der Waals surface area (Å²) < 4.78 is 0. The molecule has 0 saturated carbocycles. The second-order valence-electron chi connectivity index (χ2n) is 6.82. The van der Waals surface area contributed by atoms with Crippen LogP contribution in [0.3, 0.4) is 0 Å². The number of amides is 2. The summed E-state index contributed by atoms with van der Waals surface area (Å²) in [5.74, 6) is -0.0797. The molecule has 3 rings (SSSR count). The summed E-state index contributed by atoms with van der Waals surface area (Å²) in [7, 11) is 1.69. The standard InChI is InChI=1S/C20H25N3O2S/c1-16-4-3-5-17(12-16)13-22-7-9-23(10-8-22)19(24)14-21(2)20(25)18-6-11-26-15-18/h3-6,11-12,15H,7-10,13-14H2,1-2H3. The fourth-order valence-corrected chi connectivity index (χ4v) is 3.84. The molecule has 0 aliphatic carbocycles. The highest BCUT2D eigenvalue weighted by Gasteiger charge is 2.23. The van der Waals surface area contributed by atoms with E-state index in [0.717, 1.165) is 19.6 Å². The molecule has 1 aromatic carbocycles. The summed E-state index contributed by atoms with van der Waals surface area (Å²) in [5, 5.41) is 3.68. The number of rotatable bonds is 5. The van der Waals surface area contributed by atoms with Crippen LogP contribution in [-0.4, -0.2) is 66.3 Å². The van der Waals surface area contributed by atoms with Gasteiger partial charge in [0, 0.05) is 45.2 Å². The molecule has 0 radical (unpaired) electrons. The molecule has 1 aromatic heterocycles. The predicted molar refractivity (Wildman–Crippen MR) is 104 cm³/mol. The minimum absolute atomic E-state index is 0.0197. The minimum Gasteiger partial charge on any atom is -0.339 e. The molecule has 0 N–H and O–H groups in total. The molecule has 1 saturated heterocycles. The minimum atomic E-state index is -0.0994. The van der Waals surface area contributed by atoms with Crippen LogP contribution in [0.5, 0.6) is 0 Å². The monoisotopic (exact) mass is 371 g/mol. The van der Waals surface area contributed by atoms with Crippen molar-refractivity contribution in [1.29, 1.82) is 0 Å². The fraction of sp³-hybridized carbons (Fsp3) is 0.400. The molecule has 1 aliphatic heterocycles. The quantitative estimate of drug-likeness (QED) is 0.811. The molecular weight excluding hydrogens is 346 g/mol. The van der Waals surface area contributed by atoms with Gasteiger partial charge in [0.25, 0.3) is 5.91 Å². The van der Waals surface area contributed by atoms with E-state index in [9.17, 15) is 9.59 Å². The highest BCUT2D eigenvalue weighted by molar-refractivity contribution is 7.08. The molecule has 138 valence electrons. The number of benzene rings is 1. The lowest BCUT2D eigenvalue weighted by molar-refractivity contribution is -0.133. The van der Waals surface area contributed by atoms with Crippen molar-refractivity contribution in [3.63, 3.8) is 0 Å². The third kappa shape index (κ3) is 4.71. The average molecular weight is 372 g/mol. The molecule has 2 amide bonds. The molecule has 5 nitrogen and oxygen atoms in total. The Morgan fingerprint density at radius 3 is 2.58 bits per heavy atom. The van der Waals surface area contributed by atoms with Crippen LogP contribution < -0.4 is 0 Å². The SMILES string of the molecule is Cc1cccc(CN2CCN(C(=O)CN(C)C(=O)c3ccsc3)CC2)c1. The number of aryl methyl sites for hydroxylation is 1. The highest BCUT2D eigenvalue weighted by Crippen LogP contribution is 2.12. The summed E-state index contributed by atoms with van der Waals surface area (Å²) >= 11 is 1.49. The van der Waals surface area contributed by atoms with Crippen molar-refractivity contribution < 1.29 is 9.59 Å². The number of hydrogen-bond donors (Lipinski definition) is 0. The zero-order valence-electron chi connectivity index (χ0n) is 15.4. The molecule has 1 aliphatic rings. The van der Waals surface area contributed by atoms with E-state index in [0.29, 0.717) is 18.7 Å². The zero-order valence-corrected chi connectivity index (χ0v) is 16.2. The first-order valence-corrected chi connectivity index (χ1v) is 9.80. The summed E-state index contributed by atoms with van der Waals surface area (Å²) in [6.45, 7) is 6.31. The Morgan fingerprint density at radius 1 is 1.15 bits per heavy atom. The van der Waals surface area contributed by atoms with Crippen molar-refractivity contribution in [1.82, 2.24) is 14.7 Å². The molecule has 1 fully saturated rings. The Morgan fingerprint density at radius 2 is 1.92 bits per heavy atom. The number of carbonyl (C=O) groups is 2. The van der Waals surface area contributed by atoms with Crippen LogP contribution in [0.25, 0.3) is 0 Å². The lowest BCUT2D eigenvalue weighted by atomic mass is 10.1. The molecule has 0 unspecified atom stereocenters. The van der Waals surface area contributed by atoms with Crippen molar-refractivity contribution in [2.45, 2.75) is 13.5 Å². The molecule has 2 aromatic rings. The Hall–Kier alpha value is -2.18. The first-order chi connectivity index (χ1) is 12.5. The van der Waals surface area contributed by atoms with Crippen LogP contribution in [0.4, 0.5) is 0 Å². The third-order valence-electron chi connectivity index (χ3n) is 4.70. The maximum atomic E-state index is 12.5. The van der Waals surface area contributed by atoms with Gasteiger partial charge in [-0.3, -0.25) is 14.5 Å². The second kappa shape index (κ2) is 8.47. The van der Waals surface area contributed by atoms with E-state index < -0.39 is 0 Å². The Kier molecular flexibility index (Phi) is 6.06. The van der Waals surface area contributed by atoms with E-state index >= 15 is 0 Å². The van der Waals surface area contributed by atoms with Crippen molar-refractivity contribution >= 4 is 23.2 Å². The molecule has 2 heterocycles. The Bertz CT molecular complexity index is 752. The maximum Gasteiger partial charge on any atom is 0.254 e. The van der Waals surface area contributed by atoms with Gasteiger partial charge >= 0.3 is 0 Å². The average Bonchev–Trinajstić information content (AvgIpc) is 3.16. The highest BCUT2D eigenvalue weighted by atomic mass is 32.1. The van der Waals surface area contributed by atoms with Crippen molar-refractivity contribution in [2.75, 3.05) is 39.8 Å². The molecule has 26 heavy (non-hydrogen) atoms. The van der Waals surface area contributed by atoms with E-state index in [1.165, 1.54) is 27.4 Å². The van der Waals surface area contributed by atoms with Crippen molar-refractivity contribution in [3.8, 4) is 0 Å². The Balaban J connectivity index is 1.46. The van der Waals surface area contributed by atoms with Crippen molar-refractivity contribution in [3.05, 3.63) is 57.8 Å². The van der Waals surface area contributed by atoms with Gasteiger partial charge < -0.3 is 9.80 Å². The smallest absolute Gasteiger partial charge is 0.254 e. The van der Waals surface area contributed by atoms with E-state index in [2.05, 4.69) is 36.1 Å². The Labute approximate surface area is 158 Å². The van der Waals surface area contributed by atoms with Gasteiger partial charge in [-0.15, -0.1) is 0 Å². The van der Waals surface area contributed by atoms with Crippen LogP contribution in [0, 0.1) is 6.92 Å². The number of likely N-dealkylation sites (N-methyl/N-ethyl adjacent to an activating group) is 1. The third-order valence-corrected chi connectivity index (χ3v) is 5.38. The van der Waals surface area contributed by atoms with E-state index in [-0.39, 0.29) is 18.4 Å². The summed E-state index contributed by atoms with van der Waals surface area (Å²) in [6.07, 6.45) is 0. The molecular formula is C20H25N3O2S.